The maximum Gasteiger partial charge on any atom is 0.244 e. The summed E-state index contributed by atoms with van der Waals surface area (Å²) in [5.74, 6) is -0.0949. The number of anilines is 1. The van der Waals surface area contributed by atoms with Gasteiger partial charge in [0.15, 0.2) is 0 Å². The Morgan fingerprint density at radius 1 is 1.47 bits per heavy atom. The van der Waals surface area contributed by atoms with Crippen LogP contribution in [0.3, 0.4) is 0 Å². The van der Waals surface area contributed by atoms with Crippen LogP contribution in [0.1, 0.15) is 6.92 Å². The van der Waals surface area contributed by atoms with Crippen LogP contribution in [0.15, 0.2) is 22.8 Å². The molecule has 15 heavy (non-hydrogen) atoms. The predicted molar refractivity (Wildman–Crippen MR) is 59.3 cm³/mol. The average molecular weight is 272 g/mol. The smallest absolute Gasteiger partial charge is 0.244 e. The number of rotatable bonds is 3. The van der Waals surface area contributed by atoms with Crippen molar-refractivity contribution in [2.45, 2.75) is 6.92 Å². The number of carbonyl (C=O) groups is 2. The molecule has 1 rings (SSSR count). The van der Waals surface area contributed by atoms with Gasteiger partial charge in [-0.15, -0.1) is 0 Å². The van der Waals surface area contributed by atoms with Gasteiger partial charge < -0.3 is 10.6 Å². The van der Waals surface area contributed by atoms with E-state index in [0.717, 1.165) is 4.47 Å². The first-order valence-electron chi connectivity index (χ1n) is 4.24. The number of nitrogens with zero attached hydrogens (tertiary/aromatic N) is 1. The molecule has 0 aromatic carbocycles. The molecule has 0 spiro atoms. The quantitative estimate of drug-likeness (QED) is 0.859. The first kappa shape index (κ1) is 11.6. The molecule has 1 heterocycles. The fourth-order valence-electron chi connectivity index (χ4n) is 0.842. The molecule has 0 fully saturated rings. The summed E-state index contributed by atoms with van der Waals surface area (Å²) < 4.78 is 0.836. The highest BCUT2D eigenvalue weighted by molar-refractivity contribution is 9.10. The normalized spacial score (nSPS) is 9.47. The zero-order valence-electron chi connectivity index (χ0n) is 8.08. The highest BCUT2D eigenvalue weighted by Crippen LogP contribution is 2.09. The lowest BCUT2D eigenvalue weighted by Crippen LogP contribution is -2.31. The van der Waals surface area contributed by atoms with Crippen molar-refractivity contribution < 1.29 is 9.59 Å². The van der Waals surface area contributed by atoms with Gasteiger partial charge in [0.25, 0.3) is 0 Å². The minimum Gasteiger partial charge on any atom is -0.347 e. The van der Waals surface area contributed by atoms with Gasteiger partial charge in [-0.25, -0.2) is 4.98 Å². The Bertz CT molecular complexity index is 364. The molecule has 0 saturated heterocycles. The fourth-order valence-corrected chi connectivity index (χ4v) is 1.08. The summed E-state index contributed by atoms with van der Waals surface area (Å²) in [6.45, 7) is 1.30. The van der Waals surface area contributed by atoms with E-state index in [-0.39, 0.29) is 18.4 Å². The zero-order chi connectivity index (χ0) is 11.3. The third-order valence-corrected chi connectivity index (χ3v) is 1.96. The van der Waals surface area contributed by atoms with Gasteiger partial charge in [-0.1, -0.05) is 0 Å². The maximum absolute atomic E-state index is 11.2. The summed E-state index contributed by atoms with van der Waals surface area (Å²) in [4.78, 5) is 25.7. The van der Waals surface area contributed by atoms with E-state index in [0.29, 0.717) is 5.82 Å². The highest BCUT2D eigenvalue weighted by atomic mass is 79.9. The second-order valence-corrected chi connectivity index (χ2v) is 3.74. The second kappa shape index (κ2) is 5.45. The molecule has 6 heteroatoms. The van der Waals surface area contributed by atoms with Crippen molar-refractivity contribution in [1.82, 2.24) is 10.3 Å². The molecule has 0 saturated carbocycles. The van der Waals surface area contributed by atoms with E-state index >= 15 is 0 Å². The zero-order valence-corrected chi connectivity index (χ0v) is 9.67. The van der Waals surface area contributed by atoms with Crippen molar-refractivity contribution in [3.63, 3.8) is 0 Å². The molecule has 0 atom stereocenters. The Balaban J connectivity index is 2.44. The van der Waals surface area contributed by atoms with Crippen molar-refractivity contribution in [2.24, 2.45) is 0 Å². The molecule has 2 amide bonds. The summed E-state index contributed by atoms with van der Waals surface area (Å²) in [5.41, 5.74) is 0. The molecule has 1 aromatic heterocycles. The Labute approximate surface area is 95.4 Å². The number of carbonyl (C=O) groups excluding carboxylic acids is 2. The topological polar surface area (TPSA) is 71.1 Å². The molecule has 2 N–H and O–H groups in total. The number of hydrogen-bond acceptors (Lipinski definition) is 3. The van der Waals surface area contributed by atoms with Crippen LogP contribution in [0.5, 0.6) is 0 Å². The lowest BCUT2D eigenvalue weighted by Gasteiger charge is -2.04. The monoisotopic (exact) mass is 271 g/mol. The van der Waals surface area contributed by atoms with E-state index in [1.54, 1.807) is 18.3 Å². The number of amides is 2. The van der Waals surface area contributed by atoms with Gasteiger partial charge in [0, 0.05) is 17.6 Å². The molecule has 0 unspecified atom stereocenters. The van der Waals surface area contributed by atoms with Crippen LogP contribution >= 0.6 is 15.9 Å². The lowest BCUT2D eigenvalue weighted by atomic mass is 10.4. The molecule has 1 aromatic rings. The minimum atomic E-state index is -0.306. The number of halogens is 1. The average Bonchev–Trinajstić information content (AvgIpc) is 2.19. The van der Waals surface area contributed by atoms with Crippen LogP contribution in [0.4, 0.5) is 5.82 Å². The van der Waals surface area contributed by atoms with Crippen molar-refractivity contribution in [2.75, 3.05) is 11.9 Å². The van der Waals surface area contributed by atoms with E-state index in [9.17, 15) is 9.59 Å². The van der Waals surface area contributed by atoms with Crippen LogP contribution < -0.4 is 10.6 Å². The molecule has 0 aliphatic rings. The summed E-state index contributed by atoms with van der Waals surface area (Å²) in [7, 11) is 0. The van der Waals surface area contributed by atoms with Gasteiger partial charge >= 0.3 is 0 Å². The largest absolute Gasteiger partial charge is 0.347 e. The maximum atomic E-state index is 11.2. The van der Waals surface area contributed by atoms with E-state index in [1.165, 1.54) is 6.92 Å². The fraction of sp³-hybridized carbons (Fsp3) is 0.222. The van der Waals surface area contributed by atoms with Crippen molar-refractivity contribution in [3.8, 4) is 0 Å². The molecule has 0 aliphatic carbocycles. The number of nitrogens with one attached hydrogen (secondary N) is 2. The summed E-state index contributed by atoms with van der Waals surface area (Å²) in [6.07, 6.45) is 1.58. The van der Waals surface area contributed by atoms with Crippen LogP contribution in [0.2, 0.25) is 0 Å². The second-order valence-electron chi connectivity index (χ2n) is 2.82. The molecule has 0 aliphatic heterocycles. The Morgan fingerprint density at radius 2 is 2.20 bits per heavy atom. The van der Waals surface area contributed by atoms with E-state index in [1.807, 2.05) is 0 Å². The molecule has 80 valence electrons. The third kappa shape index (κ3) is 4.55. The van der Waals surface area contributed by atoms with Crippen molar-refractivity contribution in [1.29, 1.82) is 0 Å². The summed E-state index contributed by atoms with van der Waals surface area (Å²) in [5, 5.41) is 4.93. The Morgan fingerprint density at radius 3 is 2.73 bits per heavy atom. The van der Waals surface area contributed by atoms with Gasteiger partial charge in [-0.3, -0.25) is 9.59 Å². The van der Waals surface area contributed by atoms with Gasteiger partial charge in [0.2, 0.25) is 11.8 Å². The predicted octanol–water partition coefficient (Wildman–Crippen LogP) is 0.919. The molecule has 0 bridgehead atoms. The van der Waals surface area contributed by atoms with Gasteiger partial charge in [-0.05, 0) is 28.1 Å². The number of hydrogen-bond donors (Lipinski definition) is 2. The van der Waals surface area contributed by atoms with Crippen molar-refractivity contribution in [3.05, 3.63) is 22.8 Å². The third-order valence-electron chi connectivity index (χ3n) is 1.49. The van der Waals surface area contributed by atoms with Gasteiger partial charge in [0.05, 0.1) is 6.54 Å². The first-order chi connectivity index (χ1) is 7.08. The van der Waals surface area contributed by atoms with E-state index in [4.69, 9.17) is 0 Å². The van der Waals surface area contributed by atoms with E-state index in [2.05, 4.69) is 31.5 Å². The van der Waals surface area contributed by atoms with Gasteiger partial charge in [0.1, 0.15) is 5.82 Å². The van der Waals surface area contributed by atoms with Crippen LogP contribution in [-0.4, -0.2) is 23.3 Å². The van der Waals surface area contributed by atoms with Crippen LogP contribution in [-0.2, 0) is 9.59 Å². The number of pyridine rings is 1. The Hall–Kier alpha value is -1.43. The molecular formula is C9H10BrN3O2. The SMILES string of the molecule is CC(=O)NCC(=O)Nc1ccc(Br)cn1. The molecule has 5 nitrogen and oxygen atoms in total. The van der Waals surface area contributed by atoms with E-state index < -0.39 is 0 Å². The van der Waals surface area contributed by atoms with Crippen molar-refractivity contribution >= 4 is 33.6 Å². The molecule has 0 radical (unpaired) electrons. The highest BCUT2D eigenvalue weighted by Gasteiger charge is 2.03. The molecular weight excluding hydrogens is 262 g/mol. The number of aromatic nitrogens is 1. The van der Waals surface area contributed by atoms with Crippen LogP contribution in [0.25, 0.3) is 0 Å². The van der Waals surface area contributed by atoms with Gasteiger partial charge in [-0.2, -0.15) is 0 Å². The summed E-state index contributed by atoms with van der Waals surface area (Å²) in [6, 6.07) is 3.43. The van der Waals surface area contributed by atoms with Crippen LogP contribution in [0, 0.1) is 0 Å². The minimum absolute atomic E-state index is 0.0485. The standard InChI is InChI=1S/C9H10BrN3O2/c1-6(14)11-5-9(15)13-8-3-2-7(10)4-12-8/h2-4H,5H2,1H3,(H,11,14)(H,12,13,15). The Kier molecular flexibility index (Phi) is 4.23. The summed E-state index contributed by atoms with van der Waals surface area (Å²) >= 11 is 3.23. The lowest BCUT2D eigenvalue weighted by molar-refractivity contribution is -0.122. The first-order valence-corrected chi connectivity index (χ1v) is 5.03.